The summed E-state index contributed by atoms with van der Waals surface area (Å²) in [5, 5.41) is 12.9. The predicted octanol–water partition coefficient (Wildman–Crippen LogP) is 4.15. The molecule has 0 bridgehead atoms. The largest absolute Gasteiger partial charge is 0.416 e. The Kier molecular flexibility index (Phi) is 4.51. The topological polar surface area (TPSA) is 56.8 Å². The van der Waals surface area contributed by atoms with E-state index in [1.807, 2.05) is 6.07 Å². The molecule has 1 aromatic carbocycles. The molecule has 8 heteroatoms. The van der Waals surface area contributed by atoms with E-state index < -0.39 is 11.7 Å². The Bertz CT molecular complexity index is 933. The van der Waals surface area contributed by atoms with Crippen LogP contribution in [0.2, 0.25) is 0 Å². The Hall–Kier alpha value is -2.61. The lowest BCUT2D eigenvalue weighted by Crippen LogP contribution is -2.40. The molecule has 142 valence electrons. The standard InChI is InChI=1S/C19H20F3N5/c1-27-10-2-3-14(11-27)24-18-17-15(8-9-23-17)16(25-26-18)12-4-6-13(7-5-12)19(20,21)22/h4-9,14,23H,2-3,10-11H2,1H3,(H,24,26)/t14-/m1/s1. The first-order valence-electron chi connectivity index (χ1n) is 8.88. The number of aromatic nitrogens is 3. The van der Waals surface area contributed by atoms with Crippen molar-refractivity contribution in [3.8, 4) is 11.3 Å². The molecule has 2 N–H and O–H groups in total. The van der Waals surface area contributed by atoms with Gasteiger partial charge in [-0.25, -0.2) is 0 Å². The van der Waals surface area contributed by atoms with Crippen LogP contribution >= 0.6 is 0 Å². The quantitative estimate of drug-likeness (QED) is 0.722. The molecule has 3 heterocycles. The van der Waals surface area contributed by atoms with Gasteiger partial charge >= 0.3 is 6.18 Å². The fourth-order valence-corrected chi connectivity index (χ4v) is 3.58. The minimum absolute atomic E-state index is 0.293. The highest BCUT2D eigenvalue weighted by Crippen LogP contribution is 2.33. The molecule has 1 aliphatic heterocycles. The molecular weight excluding hydrogens is 355 g/mol. The molecule has 0 amide bonds. The summed E-state index contributed by atoms with van der Waals surface area (Å²) in [4.78, 5) is 5.45. The highest BCUT2D eigenvalue weighted by molar-refractivity contribution is 5.98. The maximum atomic E-state index is 12.8. The van der Waals surface area contributed by atoms with Gasteiger partial charge in [-0.1, -0.05) is 12.1 Å². The van der Waals surface area contributed by atoms with E-state index in [0.29, 0.717) is 23.1 Å². The van der Waals surface area contributed by atoms with E-state index in [2.05, 4.69) is 32.4 Å². The lowest BCUT2D eigenvalue weighted by atomic mass is 10.1. The summed E-state index contributed by atoms with van der Waals surface area (Å²) in [6, 6.07) is 7.17. The average Bonchev–Trinajstić information content (AvgIpc) is 3.12. The molecular formula is C19H20F3N5. The monoisotopic (exact) mass is 375 g/mol. The number of fused-ring (bicyclic) bond motifs is 1. The van der Waals surface area contributed by atoms with Gasteiger partial charge in [0.1, 0.15) is 5.69 Å². The number of anilines is 1. The van der Waals surface area contributed by atoms with Gasteiger partial charge in [0.25, 0.3) is 0 Å². The number of H-pyrrole nitrogens is 1. The van der Waals surface area contributed by atoms with Crippen LogP contribution in [0, 0.1) is 0 Å². The first kappa shape index (κ1) is 17.8. The van der Waals surface area contributed by atoms with Crippen LogP contribution in [0.25, 0.3) is 22.2 Å². The van der Waals surface area contributed by atoms with Crippen LogP contribution in [0.3, 0.4) is 0 Å². The van der Waals surface area contributed by atoms with E-state index in [1.54, 1.807) is 6.20 Å². The molecule has 0 radical (unpaired) electrons. The number of rotatable bonds is 3. The summed E-state index contributed by atoms with van der Waals surface area (Å²) in [5.41, 5.74) is 1.30. The Labute approximate surface area is 154 Å². The molecule has 0 saturated carbocycles. The maximum Gasteiger partial charge on any atom is 0.416 e. The van der Waals surface area contributed by atoms with E-state index in [9.17, 15) is 13.2 Å². The highest BCUT2D eigenvalue weighted by Gasteiger charge is 2.30. The third kappa shape index (κ3) is 3.62. The first-order chi connectivity index (χ1) is 12.9. The van der Waals surface area contributed by atoms with Crippen molar-refractivity contribution in [2.24, 2.45) is 0 Å². The van der Waals surface area contributed by atoms with Crippen LogP contribution in [-0.2, 0) is 6.18 Å². The van der Waals surface area contributed by atoms with Gasteiger partial charge in [0.15, 0.2) is 5.82 Å². The fraction of sp³-hybridized carbons (Fsp3) is 0.368. The van der Waals surface area contributed by atoms with Crippen molar-refractivity contribution in [3.05, 3.63) is 42.1 Å². The number of hydrogen-bond donors (Lipinski definition) is 2. The highest BCUT2D eigenvalue weighted by atomic mass is 19.4. The van der Waals surface area contributed by atoms with Crippen molar-refractivity contribution in [2.45, 2.75) is 25.1 Å². The second-order valence-electron chi connectivity index (χ2n) is 6.98. The molecule has 3 aromatic rings. The summed E-state index contributed by atoms with van der Waals surface area (Å²) < 4.78 is 38.4. The number of hydrogen-bond acceptors (Lipinski definition) is 4. The Morgan fingerprint density at radius 2 is 1.93 bits per heavy atom. The normalized spacial score (nSPS) is 18.7. The van der Waals surface area contributed by atoms with Crippen LogP contribution in [0.4, 0.5) is 19.0 Å². The summed E-state index contributed by atoms with van der Waals surface area (Å²) in [6.07, 6.45) is -0.373. The number of piperidine rings is 1. The van der Waals surface area contributed by atoms with Gasteiger partial charge in [-0.2, -0.15) is 13.2 Å². The molecule has 2 aromatic heterocycles. The zero-order valence-electron chi connectivity index (χ0n) is 14.8. The van der Waals surface area contributed by atoms with Crippen molar-refractivity contribution >= 4 is 16.7 Å². The number of benzene rings is 1. The summed E-state index contributed by atoms with van der Waals surface area (Å²) >= 11 is 0. The van der Waals surface area contributed by atoms with Crippen molar-refractivity contribution in [3.63, 3.8) is 0 Å². The molecule has 0 aliphatic carbocycles. The van der Waals surface area contributed by atoms with Crippen LogP contribution < -0.4 is 5.32 Å². The Balaban J connectivity index is 1.65. The molecule has 27 heavy (non-hydrogen) atoms. The van der Waals surface area contributed by atoms with Crippen molar-refractivity contribution in [2.75, 3.05) is 25.5 Å². The molecule has 1 saturated heterocycles. The van der Waals surface area contributed by atoms with Crippen LogP contribution in [0.15, 0.2) is 36.5 Å². The van der Waals surface area contributed by atoms with Gasteiger partial charge in [-0.15, -0.1) is 10.2 Å². The molecule has 0 unspecified atom stereocenters. The summed E-state index contributed by atoms with van der Waals surface area (Å²) in [7, 11) is 2.09. The van der Waals surface area contributed by atoms with Gasteiger partial charge in [-0.3, -0.25) is 0 Å². The molecule has 5 nitrogen and oxygen atoms in total. The number of nitrogens with one attached hydrogen (secondary N) is 2. The third-order valence-corrected chi connectivity index (χ3v) is 4.94. The van der Waals surface area contributed by atoms with E-state index in [-0.39, 0.29) is 0 Å². The lowest BCUT2D eigenvalue weighted by molar-refractivity contribution is -0.137. The molecule has 1 fully saturated rings. The SMILES string of the molecule is CN1CCC[C@@H](Nc2nnc(-c3ccc(C(F)(F)F)cc3)c3cc[nH]c23)C1. The van der Waals surface area contributed by atoms with Crippen molar-refractivity contribution in [1.82, 2.24) is 20.1 Å². The molecule has 4 rings (SSSR count). The summed E-state index contributed by atoms with van der Waals surface area (Å²) in [6.45, 7) is 2.03. The maximum absolute atomic E-state index is 12.8. The summed E-state index contributed by atoms with van der Waals surface area (Å²) in [5.74, 6) is 0.672. The number of halogens is 3. The zero-order chi connectivity index (χ0) is 19.0. The average molecular weight is 375 g/mol. The smallest absolute Gasteiger partial charge is 0.363 e. The van der Waals surface area contributed by atoms with E-state index in [0.717, 1.165) is 49.0 Å². The van der Waals surface area contributed by atoms with Gasteiger partial charge in [-0.05, 0) is 44.6 Å². The molecule has 1 atom stereocenters. The Morgan fingerprint density at radius 1 is 1.15 bits per heavy atom. The van der Waals surface area contributed by atoms with Crippen molar-refractivity contribution < 1.29 is 13.2 Å². The van der Waals surface area contributed by atoms with E-state index >= 15 is 0 Å². The van der Waals surface area contributed by atoms with Crippen LogP contribution in [-0.4, -0.2) is 46.3 Å². The van der Waals surface area contributed by atoms with Gasteiger partial charge in [0.05, 0.1) is 11.1 Å². The zero-order valence-corrected chi connectivity index (χ0v) is 14.8. The number of alkyl halides is 3. The predicted molar refractivity (Wildman–Crippen MR) is 98.5 cm³/mol. The minimum Gasteiger partial charge on any atom is -0.363 e. The number of nitrogens with zero attached hydrogens (tertiary/aromatic N) is 3. The second-order valence-corrected chi connectivity index (χ2v) is 6.98. The van der Waals surface area contributed by atoms with Crippen LogP contribution in [0.1, 0.15) is 18.4 Å². The first-order valence-corrected chi connectivity index (χ1v) is 8.88. The lowest BCUT2D eigenvalue weighted by Gasteiger charge is -2.30. The van der Waals surface area contributed by atoms with Gasteiger partial charge in [0, 0.05) is 29.7 Å². The second kappa shape index (κ2) is 6.84. The van der Waals surface area contributed by atoms with Gasteiger partial charge < -0.3 is 15.2 Å². The molecule has 0 spiro atoms. The van der Waals surface area contributed by atoms with Crippen LogP contribution in [0.5, 0.6) is 0 Å². The van der Waals surface area contributed by atoms with E-state index in [4.69, 9.17) is 0 Å². The third-order valence-electron chi connectivity index (χ3n) is 4.94. The molecule has 1 aliphatic rings. The number of likely N-dealkylation sites (N-methyl/N-ethyl adjacent to an activating group) is 1. The number of aromatic amines is 1. The Morgan fingerprint density at radius 3 is 2.63 bits per heavy atom. The van der Waals surface area contributed by atoms with E-state index in [1.165, 1.54) is 12.1 Å². The fourth-order valence-electron chi connectivity index (χ4n) is 3.58. The minimum atomic E-state index is -4.35. The van der Waals surface area contributed by atoms with Crippen molar-refractivity contribution in [1.29, 1.82) is 0 Å². The number of likely N-dealkylation sites (tertiary alicyclic amines) is 1. The van der Waals surface area contributed by atoms with Gasteiger partial charge in [0.2, 0.25) is 0 Å².